The number of aliphatic hydroxyl groups is 1. The molecule has 1 aliphatic heterocycles. The summed E-state index contributed by atoms with van der Waals surface area (Å²) in [5.74, 6) is 0.612. The van der Waals surface area contributed by atoms with Crippen molar-refractivity contribution in [2.45, 2.75) is 32.8 Å². The molecule has 5 nitrogen and oxygen atoms in total. The Hall–Kier alpha value is -1.33. The first kappa shape index (κ1) is 16.0. The Bertz CT molecular complexity index is 502. The van der Waals surface area contributed by atoms with Crippen molar-refractivity contribution in [1.82, 2.24) is 10.3 Å². The van der Waals surface area contributed by atoms with Crippen LogP contribution >= 0.6 is 11.6 Å². The second-order valence-corrected chi connectivity index (χ2v) is 6.14. The lowest BCUT2D eigenvalue weighted by molar-refractivity contribution is 0.0871. The van der Waals surface area contributed by atoms with E-state index in [0.29, 0.717) is 10.7 Å². The smallest absolute Gasteiger partial charge is 0.251 e. The third kappa shape index (κ3) is 4.32. The molecule has 0 radical (unpaired) electrons. The van der Waals surface area contributed by atoms with Crippen LogP contribution in [0.25, 0.3) is 0 Å². The van der Waals surface area contributed by atoms with Gasteiger partial charge in [0.05, 0.1) is 6.10 Å². The first-order valence-electron chi connectivity index (χ1n) is 7.36. The highest BCUT2D eigenvalue weighted by molar-refractivity contribution is 6.29. The third-order valence-corrected chi connectivity index (χ3v) is 3.91. The van der Waals surface area contributed by atoms with Gasteiger partial charge in [0, 0.05) is 25.2 Å². The predicted molar refractivity (Wildman–Crippen MR) is 83.9 cm³/mol. The lowest BCUT2D eigenvalue weighted by Crippen LogP contribution is -2.34. The van der Waals surface area contributed by atoms with Crippen molar-refractivity contribution in [2.24, 2.45) is 5.92 Å². The van der Waals surface area contributed by atoms with E-state index in [1.165, 1.54) is 0 Å². The second-order valence-electron chi connectivity index (χ2n) is 5.75. The number of carbonyl (C=O) groups is 1. The number of carbonyl (C=O) groups excluding carboxylic acids is 1. The molecule has 1 aromatic heterocycles. The summed E-state index contributed by atoms with van der Waals surface area (Å²) < 4.78 is 0. The minimum absolute atomic E-state index is 0.103. The fourth-order valence-electron chi connectivity index (χ4n) is 2.26. The number of amides is 1. The van der Waals surface area contributed by atoms with E-state index in [0.717, 1.165) is 31.7 Å². The van der Waals surface area contributed by atoms with Crippen LogP contribution in [0.5, 0.6) is 0 Å². The highest BCUT2D eigenvalue weighted by atomic mass is 35.5. The molecular weight excluding hydrogens is 290 g/mol. The second kappa shape index (κ2) is 7.09. The van der Waals surface area contributed by atoms with Crippen LogP contribution in [-0.2, 0) is 0 Å². The van der Waals surface area contributed by atoms with Gasteiger partial charge in [-0.05, 0) is 30.9 Å². The summed E-state index contributed by atoms with van der Waals surface area (Å²) in [7, 11) is 0. The molecule has 0 aromatic carbocycles. The Balaban J connectivity index is 2.06. The van der Waals surface area contributed by atoms with E-state index in [2.05, 4.69) is 15.2 Å². The number of hydrogen-bond donors (Lipinski definition) is 2. The van der Waals surface area contributed by atoms with Crippen molar-refractivity contribution >= 4 is 23.3 Å². The lowest BCUT2D eigenvalue weighted by Gasteiger charge is -2.18. The minimum Gasteiger partial charge on any atom is -0.391 e. The highest BCUT2D eigenvalue weighted by Gasteiger charge is 2.17. The molecule has 0 saturated carbocycles. The number of nitrogens with one attached hydrogen (secondary N) is 1. The Morgan fingerprint density at radius 2 is 2.10 bits per heavy atom. The Morgan fingerprint density at radius 3 is 2.71 bits per heavy atom. The van der Waals surface area contributed by atoms with Crippen LogP contribution in [0.1, 0.15) is 37.0 Å². The largest absolute Gasteiger partial charge is 0.391 e. The summed E-state index contributed by atoms with van der Waals surface area (Å²) in [5.41, 5.74) is 0.479. The summed E-state index contributed by atoms with van der Waals surface area (Å²) >= 11 is 6.02. The first-order chi connectivity index (χ1) is 9.97. The minimum atomic E-state index is -0.552. The standard InChI is InChI=1S/C15H22ClN3O2/c1-10(2)12(20)9-17-15(21)11-7-13(16)18-14(8-11)19-5-3-4-6-19/h7-8,10,12,20H,3-6,9H2,1-2H3,(H,17,21). The number of pyridine rings is 1. The van der Waals surface area contributed by atoms with Gasteiger partial charge in [0.15, 0.2) is 0 Å². The van der Waals surface area contributed by atoms with Gasteiger partial charge in [0.2, 0.25) is 0 Å². The van der Waals surface area contributed by atoms with E-state index in [1.807, 2.05) is 13.8 Å². The fourth-order valence-corrected chi connectivity index (χ4v) is 2.46. The summed E-state index contributed by atoms with van der Waals surface area (Å²) in [6.45, 7) is 5.94. The molecular formula is C15H22ClN3O2. The van der Waals surface area contributed by atoms with Crippen LogP contribution in [0, 0.1) is 5.92 Å². The van der Waals surface area contributed by atoms with Crippen molar-refractivity contribution in [2.75, 3.05) is 24.5 Å². The zero-order valence-corrected chi connectivity index (χ0v) is 13.2. The van der Waals surface area contributed by atoms with Gasteiger partial charge in [-0.15, -0.1) is 0 Å². The maximum absolute atomic E-state index is 12.2. The molecule has 116 valence electrons. The number of aliphatic hydroxyl groups excluding tert-OH is 1. The van der Waals surface area contributed by atoms with Crippen molar-refractivity contribution in [3.8, 4) is 0 Å². The number of hydrogen-bond acceptors (Lipinski definition) is 4. The van der Waals surface area contributed by atoms with E-state index in [-0.39, 0.29) is 18.4 Å². The summed E-state index contributed by atoms with van der Waals surface area (Å²) in [6, 6.07) is 3.31. The van der Waals surface area contributed by atoms with E-state index >= 15 is 0 Å². The van der Waals surface area contributed by atoms with Gasteiger partial charge in [-0.25, -0.2) is 4.98 Å². The van der Waals surface area contributed by atoms with Crippen molar-refractivity contribution in [1.29, 1.82) is 0 Å². The molecule has 21 heavy (non-hydrogen) atoms. The van der Waals surface area contributed by atoms with Crippen molar-refractivity contribution in [3.05, 3.63) is 22.8 Å². The average molecular weight is 312 g/mol. The molecule has 1 saturated heterocycles. The molecule has 1 atom stereocenters. The third-order valence-electron chi connectivity index (χ3n) is 3.71. The monoisotopic (exact) mass is 311 g/mol. The molecule has 2 N–H and O–H groups in total. The number of aromatic nitrogens is 1. The van der Waals surface area contributed by atoms with E-state index in [1.54, 1.807) is 12.1 Å². The highest BCUT2D eigenvalue weighted by Crippen LogP contribution is 2.22. The molecule has 1 fully saturated rings. The van der Waals surface area contributed by atoms with Crippen LogP contribution in [0.3, 0.4) is 0 Å². The molecule has 2 heterocycles. The zero-order valence-electron chi connectivity index (χ0n) is 12.5. The molecule has 1 aromatic rings. The topological polar surface area (TPSA) is 65.5 Å². The first-order valence-corrected chi connectivity index (χ1v) is 7.74. The number of anilines is 1. The Labute approximate surface area is 130 Å². The van der Waals surface area contributed by atoms with Crippen LogP contribution < -0.4 is 10.2 Å². The van der Waals surface area contributed by atoms with Gasteiger partial charge in [-0.1, -0.05) is 25.4 Å². The number of nitrogens with zero attached hydrogens (tertiary/aromatic N) is 2. The Kier molecular flexibility index (Phi) is 5.42. The summed E-state index contributed by atoms with van der Waals surface area (Å²) in [4.78, 5) is 18.6. The number of rotatable bonds is 5. The normalized spacial score (nSPS) is 16.3. The molecule has 1 unspecified atom stereocenters. The molecule has 0 spiro atoms. The van der Waals surface area contributed by atoms with Crippen LogP contribution in [0.15, 0.2) is 12.1 Å². The van der Waals surface area contributed by atoms with Gasteiger partial charge in [0.25, 0.3) is 5.91 Å². The summed E-state index contributed by atoms with van der Waals surface area (Å²) in [6.07, 6.45) is 1.72. The molecule has 1 aliphatic rings. The summed E-state index contributed by atoms with van der Waals surface area (Å²) in [5, 5.41) is 12.8. The van der Waals surface area contributed by atoms with E-state index in [4.69, 9.17) is 11.6 Å². The van der Waals surface area contributed by atoms with Gasteiger partial charge >= 0.3 is 0 Å². The van der Waals surface area contributed by atoms with E-state index in [9.17, 15) is 9.90 Å². The average Bonchev–Trinajstić information content (AvgIpc) is 2.97. The number of halogens is 1. The zero-order chi connectivity index (χ0) is 15.4. The quantitative estimate of drug-likeness (QED) is 0.817. The Morgan fingerprint density at radius 1 is 1.43 bits per heavy atom. The van der Waals surface area contributed by atoms with Gasteiger partial charge < -0.3 is 15.3 Å². The van der Waals surface area contributed by atoms with Gasteiger partial charge in [-0.2, -0.15) is 0 Å². The molecule has 0 bridgehead atoms. The maximum atomic E-state index is 12.2. The predicted octanol–water partition coefficient (Wildman–Crippen LogP) is 2.08. The van der Waals surface area contributed by atoms with E-state index < -0.39 is 6.10 Å². The van der Waals surface area contributed by atoms with Crippen LogP contribution in [-0.4, -0.2) is 41.7 Å². The molecule has 0 aliphatic carbocycles. The SMILES string of the molecule is CC(C)C(O)CNC(=O)c1cc(Cl)nc(N2CCCC2)c1. The van der Waals surface area contributed by atoms with Crippen molar-refractivity contribution in [3.63, 3.8) is 0 Å². The lowest BCUT2D eigenvalue weighted by atomic mass is 10.1. The van der Waals surface area contributed by atoms with Crippen LogP contribution in [0.2, 0.25) is 5.15 Å². The van der Waals surface area contributed by atoms with Crippen molar-refractivity contribution < 1.29 is 9.90 Å². The van der Waals surface area contributed by atoms with Crippen LogP contribution in [0.4, 0.5) is 5.82 Å². The molecule has 2 rings (SSSR count). The molecule has 6 heteroatoms. The molecule has 1 amide bonds. The van der Waals surface area contributed by atoms with Gasteiger partial charge in [0.1, 0.15) is 11.0 Å². The van der Waals surface area contributed by atoms with Gasteiger partial charge in [-0.3, -0.25) is 4.79 Å². The maximum Gasteiger partial charge on any atom is 0.251 e. The fraction of sp³-hybridized carbons (Fsp3) is 0.600.